The van der Waals surface area contributed by atoms with Crippen molar-refractivity contribution in [2.45, 2.75) is 46.0 Å². The largest absolute Gasteiger partial charge is 0.496 e. The van der Waals surface area contributed by atoms with Gasteiger partial charge in [-0.2, -0.15) is 0 Å². The number of esters is 1. The predicted molar refractivity (Wildman–Crippen MR) is 106 cm³/mol. The van der Waals surface area contributed by atoms with E-state index in [1.165, 1.54) is 19.3 Å². The number of carbonyl (C=O) groups excluding carboxylic acids is 1. The zero-order valence-corrected chi connectivity index (χ0v) is 16.9. The van der Waals surface area contributed by atoms with Crippen molar-refractivity contribution in [3.05, 3.63) is 40.4 Å². The molecule has 0 aromatic heterocycles. The zero-order valence-electron chi connectivity index (χ0n) is 15.3. The molecule has 25 heavy (non-hydrogen) atoms. The first-order chi connectivity index (χ1) is 12.0. The Kier molecular flexibility index (Phi) is 7.76. The van der Waals surface area contributed by atoms with Gasteiger partial charge in [-0.15, -0.1) is 0 Å². The number of benzene rings is 2. The molecule has 0 aliphatic rings. The highest BCUT2D eigenvalue weighted by Crippen LogP contribution is 2.32. The number of fused-ring (bicyclic) bond motifs is 1. The summed E-state index contributed by atoms with van der Waals surface area (Å²) < 4.78 is 11.8. The van der Waals surface area contributed by atoms with Crippen LogP contribution in [0, 0.1) is 5.92 Å². The van der Waals surface area contributed by atoms with Crippen molar-refractivity contribution >= 4 is 32.7 Å². The van der Waals surface area contributed by atoms with Gasteiger partial charge in [0.1, 0.15) is 11.3 Å². The Hall–Kier alpha value is -1.55. The van der Waals surface area contributed by atoms with Gasteiger partial charge in [-0.3, -0.25) is 0 Å². The molecule has 0 saturated carbocycles. The minimum absolute atomic E-state index is 0.317. The normalized spacial score (nSPS) is 11.1. The third-order valence-electron chi connectivity index (χ3n) is 4.30. The molecular formula is C21H27BrO3. The quantitative estimate of drug-likeness (QED) is 0.358. The van der Waals surface area contributed by atoms with Crippen LogP contribution in [0.15, 0.2) is 34.8 Å². The Morgan fingerprint density at radius 2 is 1.80 bits per heavy atom. The molecule has 4 heteroatoms. The fraction of sp³-hybridized carbons (Fsp3) is 0.476. The van der Waals surface area contributed by atoms with Crippen LogP contribution in [0.5, 0.6) is 5.75 Å². The third kappa shape index (κ3) is 5.46. The smallest absolute Gasteiger partial charge is 0.342 e. The van der Waals surface area contributed by atoms with Crippen LogP contribution in [0.4, 0.5) is 0 Å². The van der Waals surface area contributed by atoms with Crippen molar-refractivity contribution in [3.63, 3.8) is 0 Å². The summed E-state index contributed by atoms with van der Waals surface area (Å²) in [6.45, 7) is 4.95. The average molecular weight is 407 g/mol. The van der Waals surface area contributed by atoms with Gasteiger partial charge in [0.25, 0.3) is 0 Å². The first-order valence-corrected chi connectivity index (χ1v) is 9.76. The van der Waals surface area contributed by atoms with E-state index in [0.717, 1.165) is 34.0 Å². The molecule has 0 atom stereocenters. The number of hydrogen-bond acceptors (Lipinski definition) is 3. The molecule has 0 aliphatic carbocycles. The molecule has 0 amide bonds. The van der Waals surface area contributed by atoms with Gasteiger partial charge in [0.2, 0.25) is 0 Å². The standard InChI is InChI=1S/C21H27BrO3/c1-15(2)9-6-4-5-7-14-25-21(23)20-17-10-8-11-18(22)16(17)12-13-19(20)24-3/h8,10-13,15H,4-7,9,14H2,1-3H3. The van der Waals surface area contributed by atoms with Crippen molar-refractivity contribution < 1.29 is 14.3 Å². The summed E-state index contributed by atoms with van der Waals surface area (Å²) in [6, 6.07) is 9.56. The van der Waals surface area contributed by atoms with Crippen LogP contribution in [-0.4, -0.2) is 19.7 Å². The van der Waals surface area contributed by atoms with Gasteiger partial charge in [-0.1, -0.05) is 67.6 Å². The van der Waals surface area contributed by atoms with Crippen molar-refractivity contribution in [1.29, 1.82) is 0 Å². The lowest BCUT2D eigenvalue weighted by atomic mass is 10.0. The molecule has 0 fully saturated rings. The highest BCUT2D eigenvalue weighted by Gasteiger charge is 2.18. The number of methoxy groups -OCH3 is 1. The van der Waals surface area contributed by atoms with E-state index in [2.05, 4.69) is 29.8 Å². The second-order valence-corrected chi connectivity index (χ2v) is 7.56. The van der Waals surface area contributed by atoms with Gasteiger partial charge in [0, 0.05) is 9.86 Å². The molecule has 2 aromatic rings. The molecule has 0 heterocycles. The van der Waals surface area contributed by atoms with Gasteiger partial charge in [0.05, 0.1) is 13.7 Å². The molecule has 0 radical (unpaired) electrons. The van der Waals surface area contributed by atoms with Crippen LogP contribution < -0.4 is 4.74 Å². The summed E-state index contributed by atoms with van der Waals surface area (Å²) >= 11 is 3.53. The maximum atomic E-state index is 12.6. The molecule has 2 aromatic carbocycles. The van der Waals surface area contributed by atoms with Crippen molar-refractivity contribution in [1.82, 2.24) is 0 Å². The molecule has 0 spiro atoms. The molecular weight excluding hydrogens is 380 g/mol. The van der Waals surface area contributed by atoms with Crippen LogP contribution in [0.25, 0.3) is 10.8 Å². The minimum atomic E-state index is -0.317. The van der Waals surface area contributed by atoms with Crippen LogP contribution in [-0.2, 0) is 4.74 Å². The molecule has 0 saturated heterocycles. The molecule has 3 nitrogen and oxygen atoms in total. The van der Waals surface area contributed by atoms with Gasteiger partial charge in [-0.25, -0.2) is 4.79 Å². The van der Waals surface area contributed by atoms with E-state index in [0.29, 0.717) is 17.9 Å². The summed E-state index contributed by atoms with van der Waals surface area (Å²) in [7, 11) is 1.57. The number of carbonyl (C=O) groups is 1. The molecule has 0 bridgehead atoms. The summed E-state index contributed by atoms with van der Waals surface area (Å²) in [4.78, 5) is 12.6. The topological polar surface area (TPSA) is 35.5 Å². The van der Waals surface area contributed by atoms with Crippen molar-refractivity contribution in [2.24, 2.45) is 5.92 Å². The van der Waals surface area contributed by atoms with Gasteiger partial charge in [-0.05, 0) is 35.9 Å². The average Bonchev–Trinajstić information content (AvgIpc) is 2.59. The fourth-order valence-corrected chi connectivity index (χ4v) is 3.42. The van der Waals surface area contributed by atoms with Crippen LogP contribution >= 0.6 is 15.9 Å². The molecule has 0 N–H and O–H groups in total. The molecule has 136 valence electrons. The van der Waals surface area contributed by atoms with Crippen LogP contribution in [0.3, 0.4) is 0 Å². The summed E-state index contributed by atoms with van der Waals surface area (Å²) in [5, 5.41) is 1.82. The SMILES string of the molecule is COc1ccc2c(Br)cccc2c1C(=O)OCCCCCCC(C)C. The number of ether oxygens (including phenoxy) is 2. The van der Waals surface area contributed by atoms with Crippen molar-refractivity contribution in [2.75, 3.05) is 13.7 Å². The van der Waals surface area contributed by atoms with Gasteiger partial charge < -0.3 is 9.47 Å². The number of rotatable bonds is 9. The van der Waals surface area contributed by atoms with E-state index in [1.807, 2.05) is 30.3 Å². The monoisotopic (exact) mass is 406 g/mol. The highest BCUT2D eigenvalue weighted by atomic mass is 79.9. The Morgan fingerprint density at radius 3 is 2.52 bits per heavy atom. The lowest BCUT2D eigenvalue weighted by Crippen LogP contribution is -2.09. The fourth-order valence-electron chi connectivity index (χ4n) is 2.93. The first-order valence-electron chi connectivity index (χ1n) is 8.97. The van der Waals surface area contributed by atoms with E-state index >= 15 is 0 Å². The van der Waals surface area contributed by atoms with E-state index < -0.39 is 0 Å². The Morgan fingerprint density at radius 1 is 1.04 bits per heavy atom. The van der Waals surface area contributed by atoms with E-state index in [1.54, 1.807) is 7.11 Å². The number of unbranched alkanes of at least 4 members (excludes halogenated alkanes) is 3. The Balaban J connectivity index is 1.98. The maximum Gasteiger partial charge on any atom is 0.342 e. The molecule has 2 rings (SSSR count). The second kappa shape index (κ2) is 9.81. The molecule has 0 aliphatic heterocycles. The first kappa shape index (κ1) is 19.8. The lowest BCUT2D eigenvalue weighted by molar-refractivity contribution is 0.0496. The van der Waals surface area contributed by atoms with E-state index in [4.69, 9.17) is 9.47 Å². The van der Waals surface area contributed by atoms with Crippen LogP contribution in [0.1, 0.15) is 56.3 Å². The minimum Gasteiger partial charge on any atom is -0.496 e. The van der Waals surface area contributed by atoms with Crippen LogP contribution in [0.2, 0.25) is 0 Å². The molecule has 0 unspecified atom stereocenters. The second-order valence-electron chi connectivity index (χ2n) is 6.71. The van der Waals surface area contributed by atoms with E-state index in [9.17, 15) is 4.79 Å². The highest BCUT2D eigenvalue weighted by molar-refractivity contribution is 9.10. The Labute approximate surface area is 158 Å². The lowest BCUT2D eigenvalue weighted by Gasteiger charge is -2.12. The third-order valence-corrected chi connectivity index (χ3v) is 4.99. The predicted octanol–water partition coefficient (Wildman–Crippen LogP) is 6.37. The van der Waals surface area contributed by atoms with Crippen molar-refractivity contribution in [3.8, 4) is 5.75 Å². The maximum absolute atomic E-state index is 12.6. The number of hydrogen-bond donors (Lipinski definition) is 0. The summed E-state index contributed by atoms with van der Waals surface area (Å²) in [6.07, 6.45) is 5.71. The van der Waals surface area contributed by atoms with Gasteiger partial charge in [0.15, 0.2) is 0 Å². The van der Waals surface area contributed by atoms with E-state index in [-0.39, 0.29) is 5.97 Å². The summed E-state index contributed by atoms with van der Waals surface area (Å²) in [5.74, 6) is 0.992. The van der Waals surface area contributed by atoms with Gasteiger partial charge >= 0.3 is 5.97 Å². The zero-order chi connectivity index (χ0) is 18.2. The summed E-state index contributed by atoms with van der Waals surface area (Å²) in [5.41, 5.74) is 0.501. The number of halogens is 1. The Bertz CT molecular complexity index is 710.